The fourth-order valence-electron chi connectivity index (χ4n) is 0.797. The zero-order valence-electron chi connectivity index (χ0n) is 5.25. The van der Waals surface area contributed by atoms with E-state index in [-0.39, 0.29) is 12.0 Å². The molecule has 0 saturated heterocycles. The van der Waals surface area contributed by atoms with E-state index in [0.717, 1.165) is 0 Å². The fourth-order valence-corrected chi connectivity index (χ4v) is 0.797. The van der Waals surface area contributed by atoms with Gasteiger partial charge in [-0.3, -0.25) is 0 Å². The lowest BCUT2D eigenvalue weighted by Crippen LogP contribution is -2.09. The largest absolute Gasteiger partial charge is 0.478 e. The minimum Gasteiger partial charge on any atom is -0.478 e. The summed E-state index contributed by atoms with van der Waals surface area (Å²) < 4.78 is 12.4. The topological polar surface area (TPSA) is 37.3 Å². The molecule has 54 valence electrons. The van der Waals surface area contributed by atoms with Gasteiger partial charge in [-0.15, -0.1) is 0 Å². The summed E-state index contributed by atoms with van der Waals surface area (Å²) in [5.41, 5.74) is 0.134. The number of carbonyl (C=O) groups is 1. The van der Waals surface area contributed by atoms with Gasteiger partial charge in [0.1, 0.15) is 6.17 Å². The number of aliphatic carboxylic acids is 1. The van der Waals surface area contributed by atoms with Crippen LogP contribution in [-0.2, 0) is 4.79 Å². The van der Waals surface area contributed by atoms with E-state index in [2.05, 4.69) is 0 Å². The van der Waals surface area contributed by atoms with Crippen molar-refractivity contribution in [3.63, 3.8) is 0 Å². The zero-order valence-corrected chi connectivity index (χ0v) is 5.25. The number of hydrogen-bond acceptors (Lipinski definition) is 1. The maximum atomic E-state index is 12.4. The number of carboxylic acid groups (broad SMARTS) is 1. The van der Waals surface area contributed by atoms with Crippen LogP contribution < -0.4 is 0 Å². The average Bonchev–Trinajstić information content (AvgIpc) is 1.88. The molecule has 1 unspecified atom stereocenters. The first-order valence-electron chi connectivity index (χ1n) is 2.95. The first-order valence-corrected chi connectivity index (χ1v) is 2.95. The van der Waals surface area contributed by atoms with E-state index in [9.17, 15) is 9.18 Å². The van der Waals surface area contributed by atoms with E-state index in [1.807, 2.05) is 0 Å². The second-order valence-corrected chi connectivity index (χ2v) is 2.10. The normalized spacial score (nSPS) is 24.1. The van der Waals surface area contributed by atoms with Crippen LogP contribution >= 0.6 is 0 Å². The Kier molecular flexibility index (Phi) is 1.85. The minimum absolute atomic E-state index is 0.00810. The maximum Gasteiger partial charge on any atom is 0.331 e. The van der Waals surface area contributed by atoms with Crippen LogP contribution in [0.15, 0.2) is 23.8 Å². The van der Waals surface area contributed by atoms with Gasteiger partial charge >= 0.3 is 5.97 Å². The van der Waals surface area contributed by atoms with Crippen LogP contribution in [0.1, 0.15) is 6.42 Å². The van der Waals surface area contributed by atoms with E-state index in [4.69, 9.17) is 5.11 Å². The highest BCUT2D eigenvalue weighted by atomic mass is 19.1. The predicted molar refractivity (Wildman–Crippen MR) is 34.4 cm³/mol. The van der Waals surface area contributed by atoms with Gasteiger partial charge in [0.2, 0.25) is 0 Å². The molecule has 0 heterocycles. The molecule has 0 bridgehead atoms. The van der Waals surface area contributed by atoms with Gasteiger partial charge in [-0.05, 0) is 0 Å². The predicted octanol–water partition coefficient (Wildman–Crippen LogP) is 1.30. The van der Waals surface area contributed by atoms with Crippen LogP contribution in [0.5, 0.6) is 0 Å². The summed E-state index contributed by atoms with van der Waals surface area (Å²) in [5.74, 6) is -1.04. The van der Waals surface area contributed by atoms with E-state index in [1.165, 1.54) is 18.2 Å². The molecule has 1 aliphatic rings. The highest BCUT2D eigenvalue weighted by Crippen LogP contribution is 2.14. The van der Waals surface area contributed by atoms with Crippen LogP contribution in [0.2, 0.25) is 0 Å². The monoisotopic (exact) mass is 142 g/mol. The van der Waals surface area contributed by atoms with Gasteiger partial charge in [-0.1, -0.05) is 18.2 Å². The molecule has 0 aromatic rings. The molecule has 0 saturated carbocycles. The number of carboxylic acids is 1. The van der Waals surface area contributed by atoms with Gasteiger partial charge in [0.15, 0.2) is 0 Å². The standard InChI is InChI=1S/C7H7FO2/c8-6-3-1-2-5(4-6)7(9)10/h1-3,6H,4H2,(H,9,10). The maximum absolute atomic E-state index is 12.4. The molecule has 0 spiro atoms. The zero-order chi connectivity index (χ0) is 7.56. The van der Waals surface area contributed by atoms with Gasteiger partial charge in [-0.25, -0.2) is 9.18 Å². The number of alkyl halides is 1. The van der Waals surface area contributed by atoms with E-state index in [0.29, 0.717) is 0 Å². The summed E-state index contributed by atoms with van der Waals surface area (Å²) >= 11 is 0. The van der Waals surface area contributed by atoms with Crippen molar-refractivity contribution in [1.29, 1.82) is 0 Å². The van der Waals surface area contributed by atoms with E-state index in [1.54, 1.807) is 0 Å². The van der Waals surface area contributed by atoms with Crippen LogP contribution in [0.25, 0.3) is 0 Å². The molecule has 1 rings (SSSR count). The number of allylic oxidation sites excluding steroid dienone is 3. The van der Waals surface area contributed by atoms with Gasteiger partial charge in [-0.2, -0.15) is 0 Å². The van der Waals surface area contributed by atoms with Crippen molar-refractivity contribution in [2.24, 2.45) is 0 Å². The molecular formula is C7H7FO2. The second kappa shape index (κ2) is 2.64. The summed E-state index contributed by atoms with van der Waals surface area (Å²) in [4.78, 5) is 10.2. The van der Waals surface area contributed by atoms with Crippen LogP contribution in [0, 0.1) is 0 Å². The lowest BCUT2D eigenvalue weighted by molar-refractivity contribution is -0.132. The molecule has 10 heavy (non-hydrogen) atoms. The quantitative estimate of drug-likeness (QED) is 0.599. The smallest absolute Gasteiger partial charge is 0.331 e. The number of halogens is 1. The molecule has 1 atom stereocenters. The van der Waals surface area contributed by atoms with Crippen molar-refractivity contribution in [3.05, 3.63) is 23.8 Å². The Morgan fingerprint density at radius 1 is 1.80 bits per heavy atom. The van der Waals surface area contributed by atoms with Crippen molar-refractivity contribution < 1.29 is 14.3 Å². The summed E-state index contributed by atoms with van der Waals surface area (Å²) in [5, 5.41) is 8.39. The molecule has 0 radical (unpaired) electrons. The van der Waals surface area contributed by atoms with Gasteiger partial charge in [0, 0.05) is 12.0 Å². The Bertz CT molecular complexity index is 206. The summed E-state index contributed by atoms with van der Waals surface area (Å²) in [7, 11) is 0. The van der Waals surface area contributed by atoms with Crippen molar-refractivity contribution in [3.8, 4) is 0 Å². The van der Waals surface area contributed by atoms with Crippen LogP contribution in [-0.4, -0.2) is 17.2 Å². The highest BCUT2D eigenvalue weighted by molar-refractivity contribution is 5.87. The molecule has 1 N–H and O–H groups in total. The summed E-state index contributed by atoms with van der Waals surface area (Å²) in [6.07, 6.45) is 3.05. The Labute approximate surface area is 57.7 Å². The van der Waals surface area contributed by atoms with Gasteiger partial charge < -0.3 is 5.11 Å². The lowest BCUT2D eigenvalue weighted by atomic mass is 10.0. The molecule has 0 amide bonds. The van der Waals surface area contributed by atoms with Crippen molar-refractivity contribution in [2.45, 2.75) is 12.6 Å². The summed E-state index contributed by atoms with van der Waals surface area (Å²) in [6, 6.07) is 0. The first-order chi connectivity index (χ1) is 4.70. The molecular weight excluding hydrogens is 135 g/mol. The Hall–Kier alpha value is -1.12. The minimum atomic E-state index is -1.13. The van der Waals surface area contributed by atoms with Gasteiger partial charge in [0.25, 0.3) is 0 Å². The fraction of sp³-hybridized carbons (Fsp3) is 0.286. The number of rotatable bonds is 1. The Morgan fingerprint density at radius 2 is 2.50 bits per heavy atom. The molecule has 2 nitrogen and oxygen atoms in total. The van der Waals surface area contributed by atoms with Crippen molar-refractivity contribution in [1.82, 2.24) is 0 Å². The van der Waals surface area contributed by atoms with E-state index >= 15 is 0 Å². The second-order valence-electron chi connectivity index (χ2n) is 2.10. The molecule has 1 aliphatic carbocycles. The third kappa shape index (κ3) is 1.43. The average molecular weight is 142 g/mol. The van der Waals surface area contributed by atoms with Crippen LogP contribution in [0.3, 0.4) is 0 Å². The van der Waals surface area contributed by atoms with Gasteiger partial charge in [0.05, 0.1) is 0 Å². The molecule has 0 aromatic heterocycles. The lowest BCUT2D eigenvalue weighted by Gasteiger charge is -2.06. The first kappa shape index (κ1) is 6.99. The third-order valence-electron chi connectivity index (χ3n) is 1.31. The highest BCUT2D eigenvalue weighted by Gasteiger charge is 2.14. The Balaban J connectivity index is 2.71. The van der Waals surface area contributed by atoms with E-state index < -0.39 is 12.1 Å². The number of hydrogen-bond donors (Lipinski definition) is 1. The Morgan fingerprint density at radius 3 is 2.90 bits per heavy atom. The molecule has 3 heteroatoms. The third-order valence-corrected chi connectivity index (χ3v) is 1.31. The molecule has 0 aliphatic heterocycles. The van der Waals surface area contributed by atoms with Crippen molar-refractivity contribution >= 4 is 5.97 Å². The SMILES string of the molecule is O=C(O)C1=CC=CC(F)C1. The van der Waals surface area contributed by atoms with Crippen molar-refractivity contribution in [2.75, 3.05) is 0 Å². The van der Waals surface area contributed by atoms with Crippen LogP contribution in [0.4, 0.5) is 4.39 Å². The molecule has 0 fully saturated rings. The molecule has 0 aromatic carbocycles. The summed E-state index contributed by atoms with van der Waals surface area (Å²) in [6.45, 7) is 0.